The highest BCUT2D eigenvalue weighted by atomic mass is 16.5. The summed E-state index contributed by atoms with van der Waals surface area (Å²) in [6.07, 6.45) is 1.86. The third-order valence-corrected chi connectivity index (χ3v) is 3.25. The first-order chi connectivity index (χ1) is 8.68. The molecule has 0 bridgehead atoms. The number of ether oxygens (including phenoxy) is 1. The molecule has 1 fully saturated rings. The molecule has 1 aliphatic rings. The zero-order chi connectivity index (χ0) is 13.0. The van der Waals surface area contributed by atoms with Crippen molar-refractivity contribution in [2.24, 2.45) is 5.73 Å². The molecule has 1 unspecified atom stereocenters. The molecule has 1 aromatic carbocycles. The molecule has 1 saturated heterocycles. The van der Waals surface area contributed by atoms with Gasteiger partial charge >= 0.3 is 0 Å². The van der Waals surface area contributed by atoms with Crippen molar-refractivity contribution in [2.45, 2.75) is 18.9 Å². The first-order valence-electron chi connectivity index (χ1n) is 6.19. The van der Waals surface area contributed by atoms with Crippen LogP contribution in [0.25, 0.3) is 0 Å². The number of nitrogens with two attached hydrogens (primary N) is 2. The van der Waals surface area contributed by atoms with Crippen molar-refractivity contribution in [3.05, 3.63) is 24.3 Å². The van der Waals surface area contributed by atoms with Gasteiger partial charge in [-0.1, -0.05) is 12.1 Å². The van der Waals surface area contributed by atoms with Gasteiger partial charge in [-0.25, -0.2) is 0 Å². The fourth-order valence-electron chi connectivity index (χ4n) is 2.30. The SMILES string of the molecule is NC(=O)C1CCCN1CCOc1ccccc1N. The van der Waals surface area contributed by atoms with Gasteiger partial charge < -0.3 is 16.2 Å². The number of hydrogen-bond donors (Lipinski definition) is 2. The summed E-state index contributed by atoms with van der Waals surface area (Å²) in [6.45, 7) is 2.11. The van der Waals surface area contributed by atoms with Crippen molar-refractivity contribution in [1.82, 2.24) is 4.90 Å². The second kappa shape index (κ2) is 5.73. The molecule has 0 spiro atoms. The van der Waals surface area contributed by atoms with E-state index in [2.05, 4.69) is 4.90 Å². The van der Waals surface area contributed by atoms with Crippen LogP contribution < -0.4 is 16.2 Å². The van der Waals surface area contributed by atoms with E-state index in [1.54, 1.807) is 6.07 Å². The van der Waals surface area contributed by atoms with Gasteiger partial charge in [0.15, 0.2) is 0 Å². The second-order valence-electron chi connectivity index (χ2n) is 4.48. The molecule has 1 aliphatic heterocycles. The highest BCUT2D eigenvalue weighted by Gasteiger charge is 2.28. The molecule has 2 rings (SSSR count). The molecule has 4 N–H and O–H groups in total. The number of nitrogens with zero attached hydrogens (tertiary/aromatic N) is 1. The van der Waals surface area contributed by atoms with E-state index in [0.29, 0.717) is 24.6 Å². The van der Waals surface area contributed by atoms with Gasteiger partial charge in [-0.3, -0.25) is 9.69 Å². The van der Waals surface area contributed by atoms with Gasteiger partial charge in [-0.15, -0.1) is 0 Å². The number of primary amides is 1. The number of benzene rings is 1. The third-order valence-electron chi connectivity index (χ3n) is 3.25. The molecule has 0 radical (unpaired) electrons. The molecular formula is C13H19N3O2. The van der Waals surface area contributed by atoms with E-state index < -0.39 is 0 Å². The maximum absolute atomic E-state index is 11.2. The normalized spacial score (nSPS) is 19.9. The Hall–Kier alpha value is -1.75. The lowest BCUT2D eigenvalue weighted by Gasteiger charge is -2.21. The highest BCUT2D eigenvalue weighted by molar-refractivity contribution is 5.80. The molecular weight excluding hydrogens is 230 g/mol. The summed E-state index contributed by atoms with van der Waals surface area (Å²) < 4.78 is 5.61. The fraction of sp³-hybridized carbons (Fsp3) is 0.462. The number of hydrogen-bond acceptors (Lipinski definition) is 4. The monoisotopic (exact) mass is 249 g/mol. The lowest BCUT2D eigenvalue weighted by molar-refractivity contribution is -0.122. The van der Waals surface area contributed by atoms with Crippen LogP contribution in [0.4, 0.5) is 5.69 Å². The average molecular weight is 249 g/mol. The molecule has 1 amide bonds. The van der Waals surface area contributed by atoms with Crippen LogP contribution in [0, 0.1) is 0 Å². The van der Waals surface area contributed by atoms with Gasteiger partial charge in [0.2, 0.25) is 5.91 Å². The summed E-state index contributed by atoms with van der Waals surface area (Å²) >= 11 is 0. The van der Waals surface area contributed by atoms with Crippen LogP contribution in [-0.2, 0) is 4.79 Å². The van der Waals surface area contributed by atoms with E-state index in [1.807, 2.05) is 18.2 Å². The average Bonchev–Trinajstić information content (AvgIpc) is 2.80. The van der Waals surface area contributed by atoms with Crippen molar-refractivity contribution < 1.29 is 9.53 Å². The minimum absolute atomic E-state index is 0.137. The lowest BCUT2D eigenvalue weighted by Crippen LogP contribution is -2.42. The van der Waals surface area contributed by atoms with Crippen LogP contribution in [0.1, 0.15) is 12.8 Å². The summed E-state index contributed by atoms with van der Waals surface area (Å²) in [4.78, 5) is 13.3. The summed E-state index contributed by atoms with van der Waals surface area (Å²) in [5.74, 6) is 0.444. The molecule has 0 aliphatic carbocycles. The molecule has 5 heteroatoms. The van der Waals surface area contributed by atoms with Gasteiger partial charge in [0.05, 0.1) is 11.7 Å². The van der Waals surface area contributed by atoms with Crippen molar-refractivity contribution in [3.8, 4) is 5.75 Å². The van der Waals surface area contributed by atoms with Crippen molar-refractivity contribution in [2.75, 3.05) is 25.4 Å². The van der Waals surface area contributed by atoms with Crippen LogP contribution in [0.5, 0.6) is 5.75 Å². The molecule has 1 aromatic rings. The Labute approximate surface area is 107 Å². The van der Waals surface area contributed by atoms with Gasteiger partial charge in [0, 0.05) is 6.54 Å². The van der Waals surface area contributed by atoms with E-state index in [1.165, 1.54) is 0 Å². The first kappa shape index (κ1) is 12.7. The van der Waals surface area contributed by atoms with E-state index in [0.717, 1.165) is 19.4 Å². The Morgan fingerprint density at radius 2 is 2.22 bits per heavy atom. The Balaban J connectivity index is 1.82. The van der Waals surface area contributed by atoms with E-state index in [9.17, 15) is 4.79 Å². The van der Waals surface area contributed by atoms with Crippen molar-refractivity contribution in [1.29, 1.82) is 0 Å². The van der Waals surface area contributed by atoms with Crippen molar-refractivity contribution >= 4 is 11.6 Å². The largest absolute Gasteiger partial charge is 0.490 e. The minimum Gasteiger partial charge on any atom is -0.490 e. The van der Waals surface area contributed by atoms with E-state index in [-0.39, 0.29) is 11.9 Å². The van der Waals surface area contributed by atoms with Gasteiger partial charge in [-0.2, -0.15) is 0 Å². The maximum Gasteiger partial charge on any atom is 0.234 e. The number of para-hydroxylation sites is 2. The number of anilines is 1. The van der Waals surface area contributed by atoms with Crippen LogP contribution in [0.2, 0.25) is 0 Å². The maximum atomic E-state index is 11.2. The summed E-state index contributed by atoms with van der Waals surface area (Å²) in [5, 5.41) is 0. The number of carbonyl (C=O) groups is 1. The molecule has 1 atom stereocenters. The fourth-order valence-corrected chi connectivity index (χ4v) is 2.30. The van der Waals surface area contributed by atoms with Gasteiger partial charge in [-0.05, 0) is 31.5 Å². The standard InChI is InChI=1S/C13H19N3O2/c14-10-4-1-2-6-12(10)18-9-8-16-7-3-5-11(16)13(15)17/h1-2,4,6,11H,3,5,7-9,14H2,(H2,15,17). The van der Waals surface area contributed by atoms with E-state index in [4.69, 9.17) is 16.2 Å². The van der Waals surface area contributed by atoms with Crippen LogP contribution in [-0.4, -0.2) is 36.5 Å². The smallest absolute Gasteiger partial charge is 0.234 e. The summed E-state index contributed by atoms with van der Waals surface area (Å²) in [7, 11) is 0. The van der Waals surface area contributed by atoms with Gasteiger partial charge in [0.25, 0.3) is 0 Å². The predicted octanol–water partition coefficient (Wildman–Crippen LogP) is 0.597. The number of likely N-dealkylation sites (tertiary alicyclic amines) is 1. The zero-order valence-electron chi connectivity index (χ0n) is 10.3. The van der Waals surface area contributed by atoms with E-state index >= 15 is 0 Å². The Morgan fingerprint density at radius 3 is 2.94 bits per heavy atom. The first-order valence-corrected chi connectivity index (χ1v) is 6.19. The minimum atomic E-state index is -0.244. The molecule has 1 heterocycles. The molecule has 0 saturated carbocycles. The summed E-state index contributed by atoms with van der Waals surface area (Å²) in [5.41, 5.74) is 11.8. The Bertz CT molecular complexity index is 422. The topological polar surface area (TPSA) is 81.6 Å². The number of rotatable bonds is 5. The Morgan fingerprint density at radius 1 is 1.44 bits per heavy atom. The molecule has 5 nitrogen and oxygen atoms in total. The number of carbonyl (C=O) groups excluding carboxylic acids is 1. The molecule has 0 aromatic heterocycles. The highest BCUT2D eigenvalue weighted by Crippen LogP contribution is 2.20. The Kier molecular flexibility index (Phi) is 4.04. The van der Waals surface area contributed by atoms with Crippen LogP contribution in [0.15, 0.2) is 24.3 Å². The lowest BCUT2D eigenvalue weighted by atomic mass is 10.2. The van der Waals surface area contributed by atoms with Crippen molar-refractivity contribution in [3.63, 3.8) is 0 Å². The molecule has 98 valence electrons. The summed E-state index contributed by atoms with van der Waals surface area (Å²) in [6, 6.07) is 7.25. The van der Waals surface area contributed by atoms with Crippen LogP contribution >= 0.6 is 0 Å². The number of amides is 1. The molecule has 18 heavy (non-hydrogen) atoms. The predicted molar refractivity (Wildman–Crippen MR) is 70.1 cm³/mol. The van der Waals surface area contributed by atoms with Gasteiger partial charge in [0.1, 0.15) is 12.4 Å². The second-order valence-corrected chi connectivity index (χ2v) is 4.48. The zero-order valence-corrected chi connectivity index (χ0v) is 10.3. The number of nitrogen functional groups attached to an aromatic ring is 1. The quantitative estimate of drug-likeness (QED) is 0.749. The third kappa shape index (κ3) is 2.92. The van der Waals surface area contributed by atoms with Crippen LogP contribution in [0.3, 0.4) is 0 Å².